The molecule has 0 aliphatic carbocycles. The normalized spacial score (nSPS) is 11.0. The average Bonchev–Trinajstić information content (AvgIpc) is 2.76. The Labute approximate surface area is 85.9 Å². The minimum Gasteiger partial charge on any atom is -0.496 e. The number of hydrogen-bond acceptors (Lipinski definition) is 3. The van der Waals surface area contributed by atoms with E-state index >= 15 is 0 Å². The van der Waals surface area contributed by atoms with Crippen molar-refractivity contribution < 1.29 is 4.74 Å². The minimum atomic E-state index is 0.784. The van der Waals surface area contributed by atoms with Crippen LogP contribution in [0.5, 0.6) is 5.75 Å². The molecule has 3 rings (SSSR count). The van der Waals surface area contributed by atoms with Crippen LogP contribution in [0.3, 0.4) is 0 Å². The van der Waals surface area contributed by atoms with E-state index in [4.69, 9.17) is 4.74 Å². The largest absolute Gasteiger partial charge is 0.496 e. The summed E-state index contributed by atoms with van der Waals surface area (Å²) < 4.78 is 5.34. The number of methoxy groups -OCH3 is 1. The third-order valence-electron chi connectivity index (χ3n) is 2.50. The van der Waals surface area contributed by atoms with Crippen molar-refractivity contribution in [1.29, 1.82) is 0 Å². The van der Waals surface area contributed by atoms with Gasteiger partial charge in [-0.15, -0.1) is 0 Å². The molecule has 0 aliphatic heterocycles. The third-order valence-corrected chi connectivity index (χ3v) is 2.50. The number of nitrogens with zero attached hydrogens (tertiary/aromatic N) is 2. The summed E-state index contributed by atoms with van der Waals surface area (Å²) in [6, 6.07) is 5.90. The van der Waals surface area contributed by atoms with Crippen molar-refractivity contribution in [3.05, 3.63) is 30.6 Å². The van der Waals surface area contributed by atoms with Crippen molar-refractivity contribution in [3.63, 3.8) is 0 Å². The molecule has 0 atom stereocenters. The fraction of sp³-hybridized carbons (Fsp3) is 0.0909. The first-order valence-corrected chi connectivity index (χ1v) is 4.65. The summed E-state index contributed by atoms with van der Waals surface area (Å²) in [6.07, 6.45) is 3.59. The van der Waals surface area contributed by atoms with Gasteiger partial charge in [0, 0.05) is 17.0 Å². The van der Waals surface area contributed by atoms with Gasteiger partial charge >= 0.3 is 0 Å². The number of pyridine rings is 1. The molecule has 0 saturated carbocycles. The Balaban J connectivity index is 2.58. The van der Waals surface area contributed by atoms with Crippen molar-refractivity contribution >= 4 is 21.8 Å². The standard InChI is InChI=1S/C11H9N3O/c1-15-9-4-2-3-7-5-12-11-8(10(7)9)6-13-14-11/h2-6H,1H3,(H,12,13,14). The first-order chi connectivity index (χ1) is 7.40. The monoisotopic (exact) mass is 199 g/mol. The molecule has 4 nitrogen and oxygen atoms in total. The molecule has 3 aromatic rings. The van der Waals surface area contributed by atoms with Crippen molar-refractivity contribution in [2.24, 2.45) is 0 Å². The zero-order chi connectivity index (χ0) is 10.3. The Hall–Kier alpha value is -2.10. The van der Waals surface area contributed by atoms with E-state index in [1.165, 1.54) is 0 Å². The summed E-state index contributed by atoms with van der Waals surface area (Å²) in [7, 11) is 1.67. The summed E-state index contributed by atoms with van der Waals surface area (Å²) in [4.78, 5) is 4.27. The fourth-order valence-electron chi connectivity index (χ4n) is 1.81. The number of aromatic amines is 1. The Morgan fingerprint density at radius 1 is 1.27 bits per heavy atom. The van der Waals surface area contributed by atoms with Gasteiger partial charge in [-0.25, -0.2) is 4.98 Å². The van der Waals surface area contributed by atoms with Gasteiger partial charge in [-0.05, 0) is 6.07 Å². The van der Waals surface area contributed by atoms with Gasteiger partial charge < -0.3 is 4.74 Å². The van der Waals surface area contributed by atoms with Gasteiger partial charge in [0.05, 0.1) is 18.7 Å². The van der Waals surface area contributed by atoms with Gasteiger partial charge in [-0.2, -0.15) is 5.10 Å². The van der Waals surface area contributed by atoms with Gasteiger partial charge in [0.25, 0.3) is 0 Å². The number of fused-ring (bicyclic) bond motifs is 3. The summed E-state index contributed by atoms with van der Waals surface area (Å²) in [6.45, 7) is 0. The minimum absolute atomic E-state index is 0.784. The summed E-state index contributed by atoms with van der Waals surface area (Å²) in [5, 5.41) is 9.93. The van der Waals surface area contributed by atoms with Crippen molar-refractivity contribution in [2.75, 3.05) is 7.11 Å². The highest BCUT2D eigenvalue weighted by atomic mass is 16.5. The topological polar surface area (TPSA) is 50.8 Å². The molecule has 2 aromatic heterocycles. The number of nitrogens with one attached hydrogen (secondary N) is 1. The highest BCUT2D eigenvalue weighted by Gasteiger charge is 2.07. The molecule has 1 aromatic carbocycles. The van der Waals surface area contributed by atoms with E-state index < -0.39 is 0 Å². The van der Waals surface area contributed by atoms with Gasteiger partial charge in [0.15, 0.2) is 5.65 Å². The number of H-pyrrole nitrogens is 1. The molecule has 74 valence electrons. The third kappa shape index (κ3) is 1.08. The SMILES string of the molecule is COc1cccc2cnc3[nH]ncc3c12. The molecule has 0 spiro atoms. The predicted molar refractivity (Wildman–Crippen MR) is 57.9 cm³/mol. The molecule has 15 heavy (non-hydrogen) atoms. The van der Waals surface area contributed by atoms with Crippen LogP contribution in [0.15, 0.2) is 30.6 Å². The molecule has 0 fully saturated rings. The molecular formula is C11H9N3O. The van der Waals surface area contributed by atoms with E-state index in [0.717, 1.165) is 27.6 Å². The van der Waals surface area contributed by atoms with E-state index in [2.05, 4.69) is 15.2 Å². The fourth-order valence-corrected chi connectivity index (χ4v) is 1.81. The van der Waals surface area contributed by atoms with Crippen LogP contribution in [-0.4, -0.2) is 22.3 Å². The molecule has 0 bridgehead atoms. The second-order valence-corrected chi connectivity index (χ2v) is 3.31. The lowest BCUT2D eigenvalue weighted by atomic mass is 10.1. The molecule has 4 heteroatoms. The molecular weight excluding hydrogens is 190 g/mol. The van der Waals surface area contributed by atoms with Crippen LogP contribution in [0.4, 0.5) is 0 Å². The smallest absolute Gasteiger partial charge is 0.155 e. The lowest BCUT2D eigenvalue weighted by Crippen LogP contribution is -1.86. The lowest BCUT2D eigenvalue weighted by molar-refractivity contribution is 0.420. The van der Waals surface area contributed by atoms with Gasteiger partial charge in [0.2, 0.25) is 0 Å². The van der Waals surface area contributed by atoms with Crippen LogP contribution in [0.1, 0.15) is 0 Å². The molecule has 0 aliphatic rings. The number of ether oxygens (including phenoxy) is 1. The first-order valence-electron chi connectivity index (χ1n) is 4.65. The highest BCUT2D eigenvalue weighted by Crippen LogP contribution is 2.30. The van der Waals surface area contributed by atoms with Crippen LogP contribution in [0.25, 0.3) is 21.8 Å². The number of benzene rings is 1. The van der Waals surface area contributed by atoms with Gasteiger partial charge in [-0.1, -0.05) is 12.1 Å². The predicted octanol–water partition coefficient (Wildman–Crippen LogP) is 2.12. The molecule has 0 unspecified atom stereocenters. The second kappa shape index (κ2) is 2.95. The number of aromatic nitrogens is 3. The van der Waals surface area contributed by atoms with Crippen LogP contribution in [0.2, 0.25) is 0 Å². The van der Waals surface area contributed by atoms with Gasteiger partial charge in [-0.3, -0.25) is 5.10 Å². The van der Waals surface area contributed by atoms with Crippen LogP contribution in [-0.2, 0) is 0 Å². The summed E-state index contributed by atoms with van der Waals surface area (Å²) in [5.74, 6) is 0.848. The van der Waals surface area contributed by atoms with E-state index in [-0.39, 0.29) is 0 Å². The second-order valence-electron chi connectivity index (χ2n) is 3.31. The zero-order valence-electron chi connectivity index (χ0n) is 8.19. The molecule has 1 N–H and O–H groups in total. The lowest BCUT2D eigenvalue weighted by Gasteiger charge is -2.04. The molecule has 2 heterocycles. The average molecular weight is 199 g/mol. The maximum absolute atomic E-state index is 5.34. The van der Waals surface area contributed by atoms with Crippen LogP contribution in [0, 0.1) is 0 Å². The Kier molecular flexibility index (Phi) is 1.62. The maximum atomic E-state index is 5.34. The maximum Gasteiger partial charge on any atom is 0.155 e. The molecule has 0 radical (unpaired) electrons. The molecule has 0 amide bonds. The first kappa shape index (κ1) is 8.23. The van der Waals surface area contributed by atoms with Crippen molar-refractivity contribution in [1.82, 2.24) is 15.2 Å². The van der Waals surface area contributed by atoms with Crippen molar-refractivity contribution in [2.45, 2.75) is 0 Å². The Morgan fingerprint density at radius 3 is 3.07 bits per heavy atom. The Bertz CT molecular complexity index is 630. The van der Waals surface area contributed by atoms with Crippen LogP contribution < -0.4 is 4.74 Å². The zero-order valence-corrected chi connectivity index (χ0v) is 8.19. The van der Waals surface area contributed by atoms with E-state index in [9.17, 15) is 0 Å². The highest BCUT2D eigenvalue weighted by molar-refractivity contribution is 6.07. The van der Waals surface area contributed by atoms with Crippen LogP contribution >= 0.6 is 0 Å². The Morgan fingerprint density at radius 2 is 2.20 bits per heavy atom. The number of rotatable bonds is 1. The van der Waals surface area contributed by atoms with E-state index in [1.807, 2.05) is 24.4 Å². The van der Waals surface area contributed by atoms with Crippen molar-refractivity contribution in [3.8, 4) is 5.75 Å². The van der Waals surface area contributed by atoms with E-state index in [1.54, 1.807) is 13.3 Å². The summed E-state index contributed by atoms with van der Waals surface area (Å²) >= 11 is 0. The number of hydrogen-bond donors (Lipinski definition) is 1. The quantitative estimate of drug-likeness (QED) is 0.653. The van der Waals surface area contributed by atoms with E-state index in [0.29, 0.717) is 0 Å². The van der Waals surface area contributed by atoms with Gasteiger partial charge in [0.1, 0.15) is 5.75 Å². The molecule has 0 saturated heterocycles. The summed E-state index contributed by atoms with van der Waals surface area (Å²) in [5.41, 5.74) is 0.784.